The molecule has 1 unspecified atom stereocenters. The fraction of sp³-hybridized carbons (Fsp3) is 0.367. The van der Waals surface area contributed by atoms with Gasteiger partial charge >= 0.3 is 0 Å². The third kappa shape index (κ3) is 5.27. The molecule has 3 amide bonds. The van der Waals surface area contributed by atoms with E-state index in [0.29, 0.717) is 37.5 Å². The van der Waals surface area contributed by atoms with Gasteiger partial charge in [0.25, 0.3) is 5.91 Å². The van der Waals surface area contributed by atoms with E-state index < -0.39 is 6.04 Å². The predicted octanol–water partition coefficient (Wildman–Crippen LogP) is 5.08. The lowest BCUT2D eigenvalue weighted by Crippen LogP contribution is -2.48. The Morgan fingerprint density at radius 3 is 2.42 bits per heavy atom. The van der Waals surface area contributed by atoms with Crippen molar-refractivity contribution >= 4 is 34.2 Å². The van der Waals surface area contributed by atoms with Crippen LogP contribution in [0.3, 0.4) is 0 Å². The summed E-state index contributed by atoms with van der Waals surface area (Å²) in [5.41, 5.74) is 3.72. The van der Waals surface area contributed by atoms with Gasteiger partial charge in [-0.15, -0.1) is 0 Å². The lowest BCUT2D eigenvalue weighted by atomic mass is 10.1. The van der Waals surface area contributed by atoms with Gasteiger partial charge < -0.3 is 15.1 Å². The second-order valence-electron chi connectivity index (χ2n) is 10.0. The summed E-state index contributed by atoms with van der Waals surface area (Å²) in [5.74, 6) is 0.0657. The fourth-order valence-corrected chi connectivity index (χ4v) is 4.74. The van der Waals surface area contributed by atoms with Crippen molar-refractivity contribution in [3.05, 3.63) is 77.4 Å². The van der Waals surface area contributed by atoms with E-state index in [1.807, 2.05) is 81.4 Å². The SMILES string of the molecule is Cc1ccccc1CN(C(=O)CCCN1C(=O)c2cccc3cccc1c23)C(C)C(=O)NCC(C)C. The van der Waals surface area contributed by atoms with Crippen molar-refractivity contribution in [1.29, 1.82) is 0 Å². The molecule has 188 valence electrons. The van der Waals surface area contributed by atoms with E-state index >= 15 is 0 Å². The lowest BCUT2D eigenvalue weighted by molar-refractivity contribution is -0.140. The van der Waals surface area contributed by atoms with Gasteiger partial charge in [0.15, 0.2) is 0 Å². The predicted molar refractivity (Wildman–Crippen MR) is 144 cm³/mol. The Hall–Kier alpha value is -3.67. The Morgan fingerprint density at radius 1 is 0.972 bits per heavy atom. The molecule has 3 aromatic rings. The molecule has 0 radical (unpaired) electrons. The molecule has 3 aromatic carbocycles. The van der Waals surface area contributed by atoms with E-state index in [4.69, 9.17) is 0 Å². The van der Waals surface area contributed by atoms with E-state index in [2.05, 4.69) is 5.32 Å². The Kier molecular flexibility index (Phi) is 7.73. The van der Waals surface area contributed by atoms with E-state index in [9.17, 15) is 14.4 Å². The number of hydrogen-bond acceptors (Lipinski definition) is 3. The van der Waals surface area contributed by atoms with Gasteiger partial charge in [-0.1, -0.05) is 62.4 Å². The second-order valence-corrected chi connectivity index (χ2v) is 10.0. The van der Waals surface area contributed by atoms with Crippen molar-refractivity contribution in [2.75, 3.05) is 18.0 Å². The minimum absolute atomic E-state index is 0.0209. The summed E-state index contributed by atoms with van der Waals surface area (Å²) in [4.78, 5) is 42.8. The van der Waals surface area contributed by atoms with Crippen molar-refractivity contribution < 1.29 is 14.4 Å². The topological polar surface area (TPSA) is 69.7 Å². The van der Waals surface area contributed by atoms with Gasteiger partial charge in [0.1, 0.15) is 6.04 Å². The fourth-order valence-electron chi connectivity index (χ4n) is 4.74. The van der Waals surface area contributed by atoms with Crippen molar-refractivity contribution in [3.63, 3.8) is 0 Å². The first-order valence-electron chi connectivity index (χ1n) is 12.7. The number of nitrogens with zero attached hydrogens (tertiary/aromatic N) is 2. The average Bonchev–Trinajstić information content (AvgIpc) is 3.14. The number of benzene rings is 3. The highest BCUT2D eigenvalue weighted by atomic mass is 16.2. The van der Waals surface area contributed by atoms with Crippen LogP contribution in [0, 0.1) is 12.8 Å². The largest absolute Gasteiger partial charge is 0.354 e. The number of carbonyl (C=O) groups excluding carboxylic acids is 3. The summed E-state index contributed by atoms with van der Waals surface area (Å²) >= 11 is 0. The third-order valence-electron chi connectivity index (χ3n) is 6.88. The molecule has 6 heteroatoms. The van der Waals surface area contributed by atoms with Crippen LogP contribution in [0.15, 0.2) is 60.7 Å². The molecule has 1 atom stereocenters. The summed E-state index contributed by atoms with van der Waals surface area (Å²) in [5, 5.41) is 4.98. The standard InChI is InChI=1S/C30H35N3O3/c1-20(2)18-31-29(35)22(4)33(19-24-11-6-5-10-21(24)3)27(34)16-9-17-32-26-15-8-13-23-12-7-14-25(28(23)26)30(32)36/h5-8,10-15,20,22H,9,16-19H2,1-4H3,(H,31,35). The molecular formula is C30H35N3O3. The molecule has 36 heavy (non-hydrogen) atoms. The first-order chi connectivity index (χ1) is 17.3. The quantitative estimate of drug-likeness (QED) is 0.436. The third-order valence-corrected chi connectivity index (χ3v) is 6.88. The molecule has 0 aliphatic carbocycles. The smallest absolute Gasteiger partial charge is 0.258 e. The normalized spacial score (nSPS) is 13.4. The van der Waals surface area contributed by atoms with E-state index in [1.54, 1.807) is 16.7 Å². The molecule has 6 nitrogen and oxygen atoms in total. The van der Waals surface area contributed by atoms with Gasteiger partial charge in [0.2, 0.25) is 11.8 Å². The van der Waals surface area contributed by atoms with E-state index in [-0.39, 0.29) is 24.1 Å². The molecule has 1 N–H and O–H groups in total. The van der Waals surface area contributed by atoms with Gasteiger partial charge in [-0.3, -0.25) is 14.4 Å². The van der Waals surface area contributed by atoms with Gasteiger partial charge in [-0.05, 0) is 54.8 Å². The van der Waals surface area contributed by atoms with E-state index in [1.165, 1.54) is 0 Å². The highest BCUT2D eigenvalue weighted by molar-refractivity contribution is 6.25. The molecular weight excluding hydrogens is 450 g/mol. The minimum atomic E-state index is -0.595. The van der Waals surface area contributed by atoms with Crippen LogP contribution in [0.4, 0.5) is 5.69 Å². The van der Waals surface area contributed by atoms with Crippen LogP contribution in [-0.4, -0.2) is 41.8 Å². The van der Waals surface area contributed by atoms with Crippen molar-refractivity contribution in [2.45, 2.75) is 53.1 Å². The minimum Gasteiger partial charge on any atom is -0.354 e. The van der Waals surface area contributed by atoms with Crippen LogP contribution in [0.1, 0.15) is 55.1 Å². The van der Waals surface area contributed by atoms with Crippen LogP contribution in [0.2, 0.25) is 0 Å². The van der Waals surface area contributed by atoms with Gasteiger partial charge in [0.05, 0.1) is 5.69 Å². The number of nitrogens with one attached hydrogen (secondary N) is 1. The van der Waals surface area contributed by atoms with Gasteiger partial charge in [-0.25, -0.2) is 0 Å². The molecule has 1 aliphatic rings. The Morgan fingerprint density at radius 2 is 1.69 bits per heavy atom. The number of aryl methyl sites for hydroxylation is 1. The summed E-state index contributed by atoms with van der Waals surface area (Å²) in [6, 6.07) is 19.0. The van der Waals surface area contributed by atoms with Crippen LogP contribution in [0.5, 0.6) is 0 Å². The number of carbonyl (C=O) groups is 3. The molecule has 1 heterocycles. The number of hydrogen-bond donors (Lipinski definition) is 1. The zero-order valence-corrected chi connectivity index (χ0v) is 21.6. The zero-order chi connectivity index (χ0) is 25.8. The molecule has 0 spiro atoms. The number of amides is 3. The first-order valence-corrected chi connectivity index (χ1v) is 12.7. The van der Waals surface area contributed by atoms with Crippen molar-refractivity contribution in [1.82, 2.24) is 10.2 Å². The molecule has 0 saturated heterocycles. The highest BCUT2D eigenvalue weighted by Crippen LogP contribution is 2.37. The summed E-state index contributed by atoms with van der Waals surface area (Å²) in [6.45, 7) is 9.27. The van der Waals surface area contributed by atoms with Crippen molar-refractivity contribution in [3.8, 4) is 0 Å². The Labute approximate surface area is 213 Å². The number of rotatable bonds is 10. The maximum absolute atomic E-state index is 13.4. The molecule has 0 aromatic heterocycles. The zero-order valence-electron chi connectivity index (χ0n) is 21.6. The summed E-state index contributed by atoms with van der Waals surface area (Å²) < 4.78 is 0. The van der Waals surface area contributed by atoms with Gasteiger partial charge in [0, 0.05) is 37.0 Å². The molecule has 0 fully saturated rings. The maximum Gasteiger partial charge on any atom is 0.258 e. The molecule has 1 aliphatic heterocycles. The number of anilines is 1. The summed E-state index contributed by atoms with van der Waals surface area (Å²) in [6.07, 6.45) is 0.767. The monoisotopic (exact) mass is 485 g/mol. The van der Waals surface area contributed by atoms with Crippen LogP contribution in [0.25, 0.3) is 10.8 Å². The molecule has 0 bridgehead atoms. The Bertz CT molecular complexity index is 1280. The summed E-state index contributed by atoms with van der Waals surface area (Å²) in [7, 11) is 0. The molecule has 0 saturated carbocycles. The van der Waals surface area contributed by atoms with E-state index in [0.717, 1.165) is 27.6 Å². The van der Waals surface area contributed by atoms with Crippen molar-refractivity contribution in [2.24, 2.45) is 5.92 Å². The van der Waals surface area contributed by atoms with Gasteiger partial charge in [-0.2, -0.15) is 0 Å². The lowest BCUT2D eigenvalue weighted by Gasteiger charge is -2.30. The maximum atomic E-state index is 13.4. The average molecular weight is 486 g/mol. The van der Waals surface area contributed by atoms with Crippen LogP contribution < -0.4 is 10.2 Å². The van der Waals surface area contributed by atoms with Crippen LogP contribution in [-0.2, 0) is 16.1 Å². The molecule has 4 rings (SSSR count). The second kappa shape index (κ2) is 10.9. The Balaban J connectivity index is 1.46. The first kappa shape index (κ1) is 25.4. The highest BCUT2D eigenvalue weighted by Gasteiger charge is 2.30. The van der Waals surface area contributed by atoms with Crippen LogP contribution >= 0.6 is 0 Å².